The topological polar surface area (TPSA) is 51.0 Å². The van der Waals surface area contributed by atoms with Crippen LogP contribution in [0.1, 0.15) is 54.0 Å². The number of aromatic nitrogens is 3. The fourth-order valence-corrected chi connectivity index (χ4v) is 4.27. The number of benzene rings is 1. The molecular weight excluding hydrogens is 300 g/mol. The van der Waals surface area contributed by atoms with E-state index in [9.17, 15) is 4.79 Å². The molecule has 1 aliphatic carbocycles. The fourth-order valence-electron chi connectivity index (χ4n) is 4.27. The summed E-state index contributed by atoms with van der Waals surface area (Å²) in [6, 6.07) is 8.64. The first kappa shape index (κ1) is 15.4. The Morgan fingerprint density at radius 1 is 1.21 bits per heavy atom. The quantitative estimate of drug-likeness (QED) is 0.853. The molecular formula is C19H24N4O. The van der Waals surface area contributed by atoms with Gasteiger partial charge in [-0.1, -0.05) is 24.3 Å². The summed E-state index contributed by atoms with van der Waals surface area (Å²) >= 11 is 0. The minimum Gasteiger partial charge on any atom is -0.340 e. The Morgan fingerprint density at radius 3 is 2.83 bits per heavy atom. The van der Waals surface area contributed by atoms with E-state index in [0.717, 1.165) is 50.4 Å². The predicted octanol–water partition coefficient (Wildman–Crippen LogP) is 2.79. The van der Waals surface area contributed by atoms with Gasteiger partial charge >= 0.3 is 0 Å². The minimum atomic E-state index is 0.0403. The highest BCUT2D eigenvalue weighted by Crippen LogP contribution is 2.35. The van der Waals surface area contributed by atoms with Crippen LogP contribution in [0.3, 0.4) is 0 Å². The summed E-state index contributed by atoms with van der Waals surface area (Å²) in [6.07, 6.45) is 4.06. The third-order valence-corrected chi connectivity index (χ3v) is 5.39. The Bertz CT molecular complexity index is 766. The molecule has 1 aromatic carbocycles. The van der Waals surface area contributed by atoms with Crippen molar-refractivity contribution in [3.05, 3.63) is 47.0 Å². The Labute approximate surface area is 142 Å². The number of fused-ring (bicyclic) bond motifs is 1. The van der Waals surface area contributed by atoms with Crippen molar-refractivity contribution in [2.75, 3.05) is 13.1 Å². The lowest BCUT2D eigenvalue weighted by Gasteiger charge is -2.34. The number of likely N-dealkylation sites (tertiary alicyclic amines) is 1. The zero-order chi connectivity index (χ0) is 16.7. The molecule has 126 valence electrons. The van der Waals surface area contributed by atoms with E-state index < -0.39 is 0 Å². The van der Waals surface area contributed by atoms with Crippen LogP contribution in [0.25, 0.3) is 0 Å². The molecule has 2 heterocycles. The van der Waals surface area contributed by atoms with Crippen LogP contribution in [-0.2, 0) is 11.2 Å². The summed E-state index contributed by atoms with van der Waals surface area (Å²) < 4.78 is 2.01. The molecule has 0 radical (unpaired) electrons. The Morgan fingerprint density at radius 2 is 2.04 bits per heavy atom. The number of carbonyl (C=O) groups is 1. The van der Waals surface area contributed by atoms with Gasteiger partial charge in [0.15, 0.2) is 0 Å². The number of nitrogens with zero attached hydrogens (tertiary/aromatic N) is 4. The van der Waals surface area contributed by atoms with Crippen LogP contribution in [0.2, 0.25) is 0 Å². The second kappa shape index (κ2) is 6.04. The Balaban J connectivity index is 1.52. The number of piperidine rings is 1. The average Bonchev–Trinajstić information content (AvgIpc) is 3.17. The molecule has 1 amide bonds. The van der Waals surface area contributed by atoms with Crippen molar-refractivity contribution >= 4 is 5.91 Å². The fraction of sp³-hybridized carbons (Fsp3) is 0.526. The Kier molecular flexibility index (Phi) is 3.87. The van der Waals surface area contributed by atoms with Crippen LogP contribution in [0, 0.1) is 13.8 Å². The number of aryl methyl sites for hydroxylation is 3. The van der Waals surface area contributed by atoms with Crippen LogP contribution in [-0.4, -0.2) is 38.7 Å². The van der Waals surface area contributed by atoms with Crippen LogP contribution in [0.5, 0.6) is 0 Å². The number of rotatable bonds is 2. The van der Waals surface area contributed by atoms with Gasteiger partial charge in [0, 0.05) is 13.1 Å². The van der Waals surface area contributed by atoms with Crippen molar-refractivity contribution in [1.29, 1.82) is 0 Å². The van der Waals surface area contributed by atoms with E-state index in [4.69, 9.17) is 0 Å². The second-order valence-corrected chi connectivity index (χ2v) is 7.02. The summed E-state index contributed by atoms with van der Waals surface area (Å²) in [5, 5.41) is 4.53. The van der Waals surface area contributed by atoms with Crippen molar-refractivity contribution in [2.45, 2.75) is 51.5 Å². The van der Waals surface area contributed by atoms with Gasteiger partial charge in [-0.15, -0.1) is 0 Å². The lowest BCUT2D eigenvalue weighted by atomic mass is 9.97. The van der Waals surface area contributed by atoms with E-state index in [1.165, 1.54) is 11.1 Å². The summed E-state index contributed by atoms with van der Waals surface area (Å²) in [6.45, 7) is 5.53. The van der Waals surface area contributed by atoms with Gasteiger partial charge in [-0.2, -0.15) is 5.10 Å². The summed E-state index contributed by atoms with van der Waals surface area (Å²) in [5.41, 5.74) is 2.57. The first-order chi connectivity index (χ1) is 11.6. The molecule has 0 bridgehead atoms. The molecule has 2 aliphatic rings. The van der Waals surface area contributed by atoms with Gasteiger partial charge in [0.05, 0.1) is 12.0 Å². The van der Waals surface area contributed by atoms with E-state index >= 15 is 0 Å². The maximum Gasteiger partial charge on any atom is 0.230 e. The maximum atomic E-state index is 13.1. The average molecular weight is 324 g/mol. The first-order valence-electron chi connectivity index (χ1n) is 8.90. The molecule has 0 spiro atoms. The van der Waals surface area contributed by atoms with Crippen molar-refractivity contribution in [3.63, 3.8) is 0 Å². The molecule has 0 saturated carbocycles. The van der Waals surface area contributed by atoms with Crippen molar-refractivity contribution in [2.24, 2.45) is 0 Å². The van der Waals surface area contributed by atoms with E-state index in [-0.39, 0.29) is 12.0 Å². The highest BCUT2D eigenvalue weighted by Gasteiger charge is 2.34. The van der Waals surface area contributed by atoms with Gasteiger partial charge in [0.1, 0.15) is 11.6 Å². The van der Waals surface area contributed by atoms with Gasteiger partial charge in [0.2, 0.25) is 5.91 Å². The molecule has 1 saturated heterocycles. The molecule has 24 heavy (non-hydrogen) atoms. The molecule has 0 unspecified atom stereocenters. The van der Waals surface area contributed by atoms with Crippen molar-refractivity contribution in [3.8, 4) is 0 Å². The number of carbonyl (C=O) groups excluding carboxylic acids is 1. The molecule has 1 aromatic heterocycles. The highest BCUT2D eigenvalue weighted by atomic mass is 16.2. The van der Waals surface area contributed by atoms with Gasteiger partial charge in [-0.05, 0) is 50.7 Å². The molecule has 4 rings (SSSR count). The van der Waals surface area contributed by atoms with Crippen LogP contribution in [0.4, 0.5) is 0 Å². The maximum absolute atomic E-state index is 13.1. The lowest BCUT2D eigenvalue weighted by molar-refractivity contribution is -0.134. The molecule has 1 fully saturated rings. The lowest BCUT2D eigenvalue weighted by Crippen LogP contribution is -2.43. The van der Waals surface area contributed by atoms with Gasteiger partial charge in [0.25, 0.3) is 0 Å². The van der Waals surface area contributed by atoms with Crippen molar-refractivity contribution < 1.29 is 4.79 Å². The zero-order valence-corrected chi connectivity index (χ0v) is 14.4. The van der Waals surface area contributed by atoms with E-state index in [1.54, 1.807) is 0 Å². The first-order valence-corrected chi connectivity index (χ1v) is 8.90. The molecule has 1 aliphatic heterocycles. The minimum absolute atomic E-state index is 0.0403. The van der Waals surface area contributed by atoms with Gasteiger partial charge in [-0.25, -0.2) is 9.67 Å². The third kappa shape index (κ3) is 2.62. The Hall–Kier alpha value is -2.17. The molecule has 5 nitrogen and oxygen atoms in total. The largest absolute Gasteiger partial charge is 0.340 e. The summed E-state index contributed by atoms with van der Waals surface area (Å²) in [4.78, 5) is 19.6. The summed E-state index contributed by atoms with van der Waals surface area (Å²) in [7, 11) is 0. The molecule has 0 N–H and O–H groups in total. The third-order valence-electron chi connectivity index (χ3n) is 5.39. The molecule has 5 heteroatoms. The summed E-state index contributed by atoms with van der Waals surface area (Å²) in [5.74, 6) is 2.08. The van der Waals surface area contributed by atoms with Crippen LogP contribution >= 0.6 is 0 Å². The van der Waals surface area contributed by atoms with E-state index in [1.807, 2.05) is 24.6 Å². The van der Waals surface area contributed by atoms with E-state index in [2.05, 4.69) is 33.2 Å². The molecule has 2 atom stereocenters. The highest BCUT2D eigenvalue weighted by molar-refractivity contribution is 5.85. The normalized spacial score (nSPS) is 23.3. The smallest absolute Gasteiger partial charge is 0.230 e. The number of hydrogen-bond acceptors (Lipinski definition) is 3. The predicted molar refractivity (Wildman–Crippen MR) is 91.9 cm³/mol. The van der Waals surface area contributed by atoms with Crippen LogP contribution < -0.4 is 0 Å². The van der Waals surface area contributed by atoms with Gasteiger partial charge in [-0.3, -0.25) is 4.79 Å². The van der Waals surface area contributed by atoms with E-state index in [0.29, 0.717) is 5.91 Å². The molecule has 2 aromatic rings. The number of hydrogen-bond donors (Lipinski definition) is 0. The second-order valence-electron chi connectivity index (χ2n) is 7.02. The SMILES string of the molecule is Cc1nc(C)n([C@H]2CCCN(C(=O)[C@H]3CCc4ccccc43)C2)n1. The van der Waals surface area contributed by atoms with Gasteiger partial charge < -0.3 is 4.90 Å². The standard InChI is InChI=1S/C19H24N4O/c1-13-20-14(2)23(21-13)16-7-5-11-22(12-16)19(24)18-10-9-15-6-3-4-8-17(15)18/h3-4,6,8,16,18H,5,7,9-12H2,1-2H3/t16-,18-/m0/s1. The monoisotopic (exact) mass is 324 g/mol. The zero-order valence-electron chi connectivity index (χ0n) is 14.4. The van der Waals surface area contributed by atoms with Crippen LogP contribution in [0.15, 0.2) is 24.3 Å². The van der Waals surface area contributed by atoms with Crippen molar-refractivity contribution in [1.82, 2.24) is 19.7 Å². The number of amides is 1.